The van der Waals surface area contributed by atoms with Gasteiger partial charge >= 0.3 is 0 Å². The molecule has 7 rings (SSSR count). The summed E-state index contributed by atoms with van der Waals surface area (Å²) in [4.78, 5) is 0. The minimum absolute atomic E-state index is 0.0405. The number of nitrogens with two attached hydrogens (primary N) is 1. The van der Waals surface area contributed by atoms with E-state index in [9.17, 15) is 0 Å². The van der Waals surface area contributed by atoms with Crippen LogP contribution in [-0.4, -0.2) is 18.1 Å². The van der Waals surface area contributed by atoms with Crippen molar-refractivity contribution in [2.45, 2.75) is 48.5 Å². The fourth-order valence-electron chi connectivity index (χ4n) is 7.84. The molecule has 6 aromatic rings. The van der Waals surface area contributed by atoms with E-state index in [-0.39, 0.29) is 18.1 Å². The third-order valence-corrected chi connectivity index (χ3v) is 9.83. The highest BCUT2D eigenvalue weighted by Gasteiger charge is 2.43. The van der Waals surface area contributed by atoms with Gasteiger partial charge in [-0.3, -0.25) is 10.6 Å². The fourth-order valence-corrected chi connectivity index (χ4v) is 7.84. The van der Waals surface area contributed by atoms with Gasteiger partial charge in [0.25, 0.3) is 0 Å². The lowest BCUT2D eigenvalue weighted by Crippen LogP contribution is -2.59. The molecule has 3 nitrogen and oxygen atoms in total. The minimum atomic E-state index is -0.550. The summed E-state index contributed by atoms with van der Waals surface area (Å²) < 4.78 is 0. The maximum atomic E-state index is 7.01. The maximum absolute atomic E-state index is 7.01. The molecular weight excluding hydrogens is 571 g/mol. The second kappa shape index (κ2) is 13.9. The van der Waals surface area contributed by atoms with Gasteiger partial charge in [-0.2, -0.15) is 0 Å². The van der Waals surface area contributed by atoms with E-state index in [0.717, 1.165) is 19.3 Å². The molecule has 0 aliphatic heterocycles. The molecule has 1 aliphatic carbocycles. The Morgan fingerprint density at radius 2 is 0.553 bits per heavy atom. The van der Waals surface area contributed by atoms with Crippen LogP contribution in [0.3, 0.4) is 0 Å². The molecule has 3 atom stereocenters. The molecule has 1 fully saturated rings. The van der Waals surface area contributed by atoms with Crippen molar-refractivity contribution in [3.8, 4) is 0 Å². The summed E-state index contributed by atoms with van der Waals surface area (Å²) in [6.07, 6.45) is 2.71. The number of nitrogens with one attached hydrogen (secondary N) is 2. The lowest BCUT2D eigenvalue weighted by atomic mass is 9.73. The van der Waals surface area contributed by atoms with Crippen molar-refractivity contribution in [2.75, 3.05) is 0 Å². The van der Waals surface area contributed by atoms with Crippen LogP contribution in [0.1, 0.15) is 52.6 Å². The van der Waals surface area contributed by atoms with Crippen molar-refractivity contribution in [3.63, 3.8) is 0 Å². The molecule has 0 amide bonds. The Morgan fingerprint density at radius 3 is 0.766 bits per heavy atom. The first-order chi connectivity index (χ1) is 23.2. The van der Waals surface area contributed by atoms with Gasteiger partial charge in [0.05, 0.1) is 11.1 Å². The maximum Gasteiger partial charge on any atom is 0.0950 e. The summed E-state index contributed by atoms with van der Waals surface area (Å²) in [5.41, 5.74) is 13.2. The van der Waals surface area contributed by atoms with E-state index in [1.807, 2.05) is 0 Å². The number of hydrogen-bond donors (Lipinski definition) is 3. The molecule has 4 N–H and O–H groups in total. The highest BCUT2D eigenvalue weighted by atomic mass is 15.1. The summed E-state index contributed by atoms with van der Waals surface area (Å²) in [5, 5.41) is 8.53. The number of rotatable bonds is 10. The average molecular weight is 614 g/mol. The first-order valence-corrected chi connectivity index (χ1v) is 16.8. The van der Waals surface area contributed by atoms with Crippen LogP contribution >= 0.6 is 0 Å². The predicted molar refractivity (Wildman–Crippen MR) is 194 cm³/mol. The third kappa shape index (κ3) is 6.18. The fraction of sp³-hybridized carbons (Fsp3) is 0.182. The lowest BCUT2D eigenvalue weighted by molar-refractivity contribution is 0.226. The van der Waals surface area contributed by atoms with E-state index in [2.05, 4.69) is 193 Å². The molecule has 0 saturated heterocycles. The van der Waals surface area contributed by atoms with Crippen molar-refractivity contribution in [2.24, 2.45) is 5.73 Å². The number of hydrogen-bond acceptors (Lipinski definition) is 3. The average Bonchev–Trinajstić information content (AvgIpc) is 3.15. The second-order valence-corrected chi connectivity index (χ2v) is 12.8. The Labute approximate surface area is 279 Å². The van der Waals surface area contributed by atoms with Gasteiger partial charge in [0.15, 0.2) is 0 Å². The Balaban J connectivity index is 1.32. The molecule has 1 unspecified atom stereocenters. The molecule has 0 aromatic heterocycles. The van der Waals surface area contributed by atoms with Crippen molar-refractivity contribution in [1.29, 1.82) is 0 Å². The van der Waals surface area contributed by atoms with Gasteiger partial charge in [0.2, 0.25) is 0 Å². The molecule has 0 radical (unpaired) electrons. The summed E-state index contributed by atoms with van der Waals surface area (Å²) in [5.74, 6) is 0. The molecule has 6 aromatic carbocycles. The molecule has 3 heteroatoms. The molecule has 0 bridgehead atoms. The van der Waals surface area contributed by atoms with Crippen LogP contribution in [0.5, 0.6) is 0 Å². The van der Waals surface area contributed by atoms with Crippen molar-refractivity contribution in [1.82, 2.24) is 10.6 Å². The Morgan fingerprint density at radius 1 is 0.340 bits per heavy atom. The van der Waals surface area contributed by atoms with E-state index in [0.29, 0.717) is 0 Å². The van der Waals surface area contributed by atoms with Gasteiger partial charge in [-0.15, -0.1) is 0 Å². The van der Waals surface area contributed by atoms with Crippen LogP contribution in [0.2, 0.25) is 0 Å². The van der Waals surface area contributed by atoms with E-state index in [4.69, 9.17) is 5.73 Å². The molecule has 1 saturated carbocycles. The molecule has 0 heterocycles. The van der Waals surface area contributed by atoms with Gasteiger partial charge in [0.1, 0.15) is 0 Å². The largest absolute Gasteiger partial charge is 0.328 e. The topological polar surface area (TPSA) is 50.1 Å². The predicted octanol–water partition coefficient (Wildman–Crippen LogP) is 8.40. The minimum Gasteiger partial charge on any atom is -0.328 e. The Bertz CT molecular complexity index is 1480. The highest BCUT2D eigenvalue weighted by Crippen LogP contribution is 2.41. The van der Waals surface area contributed by atoms with E-state index >= 15 is 0 Å². The third-order valence-electron chi connectivity index (χ3n) is 9.83. The Hall–Kier alpha value is -4.80. The zero-order valence-electron chi connectivity index (χ0n) is 26.8. The zero-order valence-corrected chi connectivity index (χ0v) is 26.8. The second-order valence-electron chi connectivity index (χ2n) is 12.8. The molecule has 0 spiro atoms. The molecule has 47 heavy (non-hydrogen) atoms. The van der Waals surface area contributed by atoms with E-state index in [1.165, 1.54) is 33.4 Å². The molecule has 1 aliphatic rings. The van der Waals surface area contributed by atoms with Gasteiger partial charge in [-0.1, -0.05) is 182 Å². The summed E-state index contributed by atoms with van der Waals surface area (Å²) >= 11 is 0. The summed E-state index contributed by atoms with van der Waals surface area (Å²) in [6, 6.07) is 65.6. The first-order valence-electron chi connectivity index (χ1n) is 16.8. The normalized spacial score (nSPS) is 18.4. The van der Waals surface area contributed by atoms with Crippen molar-refractivity contribution < 1.29 is 0 Å². The van der Waals surface area contributed by atoms with Crippen LogP contribution in [0.15, 0.2) is 182 Å². The van der Waals surface area contributed by atoms with Crippen LogP contribution < -0.4 is 16.4 Å². The summed E-state index contributed by atoms with van der Waals surface area (Å²) in [6.45, 7) is 0. The quantitative estimate of drug-likeness (QED) is 0.136. The van der Waals surface area contributed by atoms with Gasteiger partial charge in [-0.25, -0.2) is 0 Å². The molecule has 234 valence electrons. The molecular formula is C44H43N3. The van der Waals surface area contributed by atoms with Gasteiger partial charge < -0.3 is 5.73 Å². The van der Waals surface area contributed by atoms with Gasteiger partial charge in [0, 0.05) is 18.1 Å². The van der Waals surface area contributed by atoms with E-state index in [1.54, 1.807) is 0 Å². The summed E-state index contributed by atoms with van der Waals surface area (Å²) in [7, 11) is 0. The highest BCUT2D eigenvalue weighted by molar-refractivity contribution is 5.51. The first kappa shape index (κ1) is 30.8. The SMILES string of the molecule is NC1C[C@@H](NC(c2ccccc2)(c2ccccc2)c2ccccc2)C[C@@H](NC(c2ccccc2)(c2ccccc2)c2ccccc2)C1. The zero-order chi connectivity index (χ0) is 31.9. The number of benzene rings is 6. The smallest absolute Gasteiger partial charge is 0.0950 e. The van der Waals surface area contributed by atoms with E-state index < -0.39 is 11.1 Å². The lowest BCUT2D eigenvalue weighted by Gasteiger charge is -2.46. The van der Waals surface area contributed by atoms with Crippen molar-refractivity contribution >= 4 is 0 Å². The van der Waals surface area contributed by atoms with Crippen LogP contribution in [0.4, 0.5) is 0 Å². The van der Waals surface area contributed by atoms with Crippen LogP contribution in [0.25, 0.3) is 0 Å². The van der Waals surface area contributed by atoms with Crippen LogP contribution in [-0.2, 0) is 11.1 Å². The standard InChI is InChI=1S/C44H43N3/c45-40-31-41(46-43(34-19-7-1-8-20-34,35-21-9-2-10-22-35)36-23-11-3-12-24-36)33-42(32-40)47-44(37-25-13-4-14-26-37,38-27-15-5-16-28-38)39-29-17-6-18-30-39/h1-30,40-42,46-47H,31-33,45H2/t40?,41-,42+. The van der Waals surface area contributed by atoms with Gasteiger partial charge in [-0.05, 0) is 52.6 Å². The Kier molecular flexibility index (Phi) is 9.12. The van der Waals surface area contributed by atoms with Crippen molar-refractivity contribution in [3.05, 3.63) is 215 Å². The monoisotopic (exact) mass is 613 g/mol. The van der Waals surface area contributed by atoms with Crippen LogP contribution in [0, 0.1) is 0 Å².